The van der Waals surface area contributed by atoms with Gasteiger partial charge in [-0.2, -0.15) is 0 Å². The molecular weight excluding hydrogens is 365 g/mol. The Morgan fingerprint density at radius 3 is 2.48 bits per heavy atom. The van der Waals surface area contributed by atoms with Crippen LogP contribution in [0.2, 0.25) is 5.02 Å². The summed E-state index contributed by atoms with van der Waals surface area (Å²) in [6, 6.07) is 17.4. The molecule has 0 bridgehead atoms. The van der Waals surface area contributed by atoms with Crippen molar-refractivity contribution in [3.05, 3.63) is 88.2 Å². The summed E-state index contributed by atoms with van der Waals surface area (Å²) >= 11 is 6.13. The molecule has 0 heterocycles. The third-order valence-corrected chi connectivity index (χ3v) is 4.42. The van der Waals surface area contributed by atoms with E-state index in [1.807, 2.05) is 43.3 Å². The molecule has 0 N–H and O–H groups in total. The molecule has 0 unspecified atom stereocenters. The van der Waals surface area contributed by atoms with Gasteiger partial charge in [-0.1, -0.05) is 29.8 Å². The van der Waals surface area contributed by atoms with Gasteiger partial charge in [0.25, 0.3) is 0 Å². The molecule has 3 nitrogen and oxygen atoms in total. The number of benzene rings is 3. The summed E-state index contributed by atoms with van der Waals surface area (Å²) in [6.07, 6.45) is 1.74. The zero-order valence-corrected chi connectivity index (χ0v) is 15.8. The van der Waals surface area contributed by atoms with Gasteiger partial charge in [0.05, 0.1) is 12.8 Å². The van der Waals surface area contributed by atoms with Crippen LogP contribution in [0.25, 0.3) is 0 Å². The lowest BCUT2D eigenvalue weighted by atomic mass is 10.2. The Hall–Kier alpha value is -2.85. The van der Waals surface area contributed by atoms with Crippen molar-refractivity contribution in [2.24, 2.45) is 4.99 Å². The average molecular weight is 384 g/mol. The van der Waals surface area contributed by atoms with Crippen molar-refractivity contribution in [3.63, 3.8) is 0 Å². The van der Waals surface area contributed by atoms with Gasteiger partial charge in [0.15, 0.2) is 11.5 Å². The van der Waals surface area contributed by atoms with E-state index in [1.54, 1.807) is 25.5 Å². The number of aliphatic imine (C=N–C) groups is 1. The van der Waals surface area contributed by atoms with Crippen LogP contribution in [-0.4, -0.2) is 13.3 Å². The Morgan fingerprint density at radius 2 is 1.78 bits per heavy atom. The Balaban J connectivity index is 1.72. The monoisotopic (exact) mass is 383 g/mol. The first kappa shape index (κ1) is 18.9. The molecule has 3 aromatic rings. The molecule has 0 radical (unpaired) electrons. The highest BCUT2D eigenvalue weighted by Gasteiger charge is 2.06. The number of rotatable bonds is 6. The molecule has 0 saturated carbocycles. The molecule has 0 aromatic heterocycles. The molecule has 3 rings (SSSR count). The smallest absolute Gasteiger partial charge is 0.161 e. The lowest BCUT2D eigenvalue weighted by Crippen LogP contribution is -1.98. The number of hydrogen-bond donors (Lipinski definition) is 0. The van der Waals surface area contributed by atoms with E-state index in [1.165, 1.54) is 12.1 Å². The molecule has 0 saturated heterocycles. The van der Waals surface area contributed by atoms with Crippen molar-refractivity contribution in [2.75, 3.05) is 7.11 Å². The van der Waals surface area contributed by atoms with Crippen LogP contribution in [0, 0.1) is 12.7 Å². The third-order valence-electron chi connectivity index (χ3n) is 4.01. The lowest BCUT2D eigenvalue weighted by Gasteiger charge is -2.11. The normalized spacial score (nSPS) is 11.0. The maximum Gasteiger partial charge on any atom is 0.161 e. The molecule has 0 fully saturated rings. The second kappa shape index (κ2) is 8.69. The Bertz CT molecular complexity index is 955. The summed E-state index contributed by atoms with van der Waals surface area (Å²) in [6.45, 7) is 2.28. The molecule has 0 amide bonds. The van der Waals surface area contributed by atoms with Gasteiger partial charge in [-0.15, -0.1) is 0 Å². The highest BCUT2D eigenvalue weighted by atomic mass is 35.5. The van der Waals surface area contributed by atoms with Crippen molar-refractivity contribution in [2.45, 2.75) is 13.5 Å². The van der Waals surface area contributed by atoms with Crippen molar-refractivity contribution >= 4 is 23.5 Å². The molecular formula is C22H19ClFNO2. The fraction of sp³-hybridized carbons (Fsp3) is 0.136. The third kappa shape index (κ3) is 5.08. The maximum atomic E-state index is 13.0. The lowest BCUT2D eigenvalue weighted by molar-refractivity contribution is 0.284. The molecule has 138 valence electrons. The zero-order chi connectivity index (χ0) is 19.2. The first-order valence-electron chi connectivity index (χ1n) is 8.40. The van der Waals surface area contributed by atoms with E-state index in [2.05, 4.69) is 4.99 Å². The van der Waals surface area contributed by atoms with E-state index in [9.17, 15) is 4.39 Å². The summed E-state index contributed by atoms with van der Waals surface area (Å²) < 4.78 is 24.2. The van der Waals surface area contributed by atoms with Crippen LogP contribution in [-0.2, 0) is 6.61 Å². The van der Waals surface area contributed by atoms with Gasteiger partial charge in [0, 0.05) is 11.2 Å². The highest BCUT2D eigenvalue weighted by Crippen LogP contribution is 2.29. The van der Waals surface area contributed by atoms with Gasteiger partial charge >= 0.3 is 0 Å². The summed E-state index contributed by atoms with van der Waals surface area (Å²) in [5.41, 5.74) is 3.54. The summed E-state index contributed by atoms with van der Waals surface area (Å²) in [5.74, 6) is 0.940. The predicted molar refractivity (Wildman–Crippen MR) is 107 cm³/mol. The van der Waals surface area contributed by atoms with Crippen LogP contribution in [0.1, 0.15) is 16.7 Å². The molecule has 0 spiro atoms. The van der Waals surface area contributed by atoms with E-state index in [0.29, 0.717) is 23.1 Å². The Kier molecular flexibility index (Phi) is 6.09. The van der Waals surface area contributed by atoms with E-state index in [0.717, 1.165) is 22.4 Å². The first-order valence-corrected chi connectivity index (χ1v) is 8.78. The number of halogens is 2. The van der Waals surface area contributed by atoms with Crippen molar-refractivity contribution < 1.29 is 13.9 Å². The SMILES string of the molecule is COc1cc(C=Nc2ccc(C)c(Cl)c2)ccc1OCc1ccc(F)cc1. The molecule has 0 aliphatic carbocycles. The number of nitrogens with zero attached hydrogens (tertiary/aromatic N) is 1. The fourth-order valence-electron chi connectivity index (χ4n) is 2.44. The standard InChI is InChI=1S/C22H19ClFNO2/c1-15-3-9-19(12-20(15)23)25-13-17-6-10-21(22(11-17)26-2)27-14-16-4-7-18(24)8-5-16/h3-13H,14H2,1-2H3. The van der Waals surface area contributed by atoms with Crippen LogP contribution in [0.15, 0.2) is 65.7 Å². The number of methoxy groups -OCH3 is 1. The van der Waals surface area contributed by atoms with Crippen LogP contribution < -0.4 is 9.47 Å². The number of hydrogen-bond acceptors (Lipinski definition) is 3. The topological polar surface area (TPSA) is 30.8 Å². The summed E-state index contributed by atoms with van der Waals surface area (Å²) in [5, 5.41) is 0.687. The van der Waals surface area contributed by atoms with Gasteiger partial charge in [0.1, 0.15) is 12.4 Å². The van der Waals surface area contributed by atoms with Gasteiger partial charge in [-0.3, -0.25) is 4.99 Å². The van der Waals surface area contributed by atoms with Gasteiger partial charge < -0.3 is 9.47 Å². The van der Waals surface area contributed by atoms with Gasteiger partial charge in [-0.25, -0.2) is 4.39 Å². The molecule has 0 aliphatic rings. The quantitative estimate of drug-likeness (QED) is 0.479. The highest BCUT2D eigenvalue weighted by molar-refractivity contribution is 6.31. The first-order chi connectivity index (χ1) is 13.0. The minimum atomic E-state index is -0.269. The van der Waals surface area contributed by atoms with E-state index in [-0.39, 0.29) is 5.82 Å². The van der Waals surface area contributed by atoms with Crippen molar-refractivity contribution in [3.8, 4) is 11.5 Å². The molecule has 5 heteroatoms. The number of ether oxygens (including phenoxy) is 2. The predicted octanol–water partition coefficient (Wildman–Crippen LogP) is 6.13. The largest absolute Gasteiger partial charge is 0.493 e. The second-order valence-corrected chi connectivity index (χ2v) is 6.42. The molecule has 0 aliphatic heterocycles. The van der Waals surface area contributed by atoms with Gasteiger partial charge in [0.2, 0.25) is 0 Å². The van der Waals surface area contributed by atoms with Crippen LogP contribution in [0.3, 0.4) is 0 Å². The molecule has 3 aromatic carbocycles. The minimum absolute atomic E-state index is 0.269. The summed E-state index contributed by atoms with van der Waals surface area (Å²) in [7, 11) is 1.58. The Morgan fingerprint density at radius 1 is 1.00 bits per heavy atom. The summed E-state index contributed by atoms with van der Waals surface area (Å²) in [4.78, 5) is 4.44. The van der Waals surface area contributed by atoms with Crippen LogP contribution in [0.4, 0.5) is 10.1 Å². The second-order valence-electron chi connectivity index (χ2n) is 6.02. The molecule has 0 atom stereocenters. The minimum Gasteiger partial charge on any atom is -0.493 e. The van der Waals surface area contributed by atoms with Gasteiger partial charge in [-0.05, 0) is 66.1 Å². The zero-order valence-electron chi connectivity index (χ0n) is 15.1. The van der Waals surface area contributed by atoms with Crippen LogP contribution >= 0.6 is 11.6 Å². The van der Waals surface area contributed by atoms with Crippen LogP contribution in [0.5, 0.6) is 11.5 Å². The average Bonchev–Trinajstić information content (AvgIpc) is 2.68. The molecule has 27 heavy (non-hydrogen) atoms. The Labute approximate surface area is 163 Å². The fourth-order valence-corrected chi connectivity index (χ4v) is 2.61. The van der Waals surface area contributed by atoms with E-state index in [4.69, 9.17) is 21.1 Å². The van der Waals surface area contributed by atoms with Crippen molar-refractivity contribution in [1.29, 1.82) is 0 Å². The number of aryl methyl sites for hydroxylation is 1. The van der Waals surface area contributed by atoms with E-state index >= 15 is 0 Å². The van der Waals surface area contributed by atoms with Crippen molar-refractivity contribution in [1.82, 2.24) is 0 Å². The van der Waals surface area contributed by atoms with E-state index < -0.39 is 0 Å². The maximum absolute atomic E-state index is 13.0.